The summed E-state index contributed by atoms with van der Waals surface area (Å²) in [6, 6.07) is 2.65. The molecule has 134 valence electrons. The van der Waals surface area contributed by atoms with E-state index >= 15 is 0 Å². The van der Waals surface area contributed by atoms with Crippen molar-refractivity contribution in [3.8, 4) is 5.75 Å². The number of methoxy groups -OCH3 is 1. The second-order valence-corrected chi connectivity index (χ2v) is 7.15. The predicted molar refractivity (Wildman–Crippen MR) is 91.2 cm³/mol. The number of ether oxygens (including phenoxy) is 1. The molecule has 3 rings (SSSR count). The fourth-order valence-corrected chi connectivity index (χ4v) is 4.09. The van der Waals surface area contributed by atoms with Crippen molar-refractivity contribution in [1.82, 2.24) is 9.80 Å². The number of nitrogens with zero attached hydrogens (tertiary/aromatic N) is 2. The van der Waals surface area contributed by atoms with Crippen molar-refractivity contribution in [3.05, 3.63) is 29.3 Å². The molecule has 2 aliphatic heterocycles. The Balaban J connectivity index is 1.62. The molecular formula is C19H28F2N2O. The van der Waals surface area contributed by atoms with Crippen LogP contribution in [0.3, 0.4) is 0 Å². The number of hydrogen-bond acceptors (Lipinski definition) is 3. The summed E-state index contributed by atoms with van der Waals surface area (Å²) >= 11 is 0. The van der Waals surface area contributed by atoms with Gasteiger partial charge >= 0.3 is 0 Å². The van der Waals surface area contributed by atoms with Crippen LogP contribution in [0.5, 0.6) is 5.75 Å². The Bertz CT molecular complexity index is 546. The van der Waals surface area contributed by atoms with Gasteiger partial charge in [-0.05, 0) is 63.4 Å². The number of halogens is 2. The van der Waals surface area contributed by atoms with Gasteiger partial charge in [-0.3, -0.25) is 4.90 Å². The Labute approximate surface area is 143 Å². The maximum atomic E-state index is 14.2. The topological polar surface area (TPSA) is 15.7 Å². The molecule has 2 aliphatic rings. The molecule has 1 aromatic rings. The SMILES string of the molecule is COc1ccc(F)c(F)c1CN1CCC[C@H](CN2CCCCC2)C1. The van der Waals surface area contributed by atoms with Crippen molar-refractivity contribution in [3.63, 3.8) is 0 Å². The maximum Gasteiger partial charge on any atom is 0.167 e. The third-order valence-electron chi connectivity index (χ3n) is 5.32. The first-order chi connectivity index (χ1) is 11.7. The van der Waals surface area contributed by atoms with E-state index in [1.54, 1.807) is 0 Å². The maximum absolute atomic E-state index is 14.2. The molecule has 0 unspecified atom stereocenters. The van der Waals surface area contributed by atoms with Gasteiger partial charge < -0.3 is 9.64 Å². The molecule has 0 N–H and O–H groups in total. The highest BCUT2D eigenvalue weighted by molar-refractivity contribution is 5.35. The Kier molecular flexibility index (Phi) is 6.06. The van der Waals surface area contributed by atoms with Crippen molar-refractivity contribution in [2.75, 3.05) is 39.8 Å². The largest absolute Gasteiger partial charge is 0.496 e. The molecule has 1 atom stereocenters. The normalized spacial score (nSPS) is 23.4. The molecule has 2 saturated heterocycles. The van der Waals surface area contributed by atoms with Crippen molar-refractivity contribution >= 4 is 0 Å². The second-order valence-electron chi connectivity index (χ2n) is 7.15. The lowest BCUT2D eigenvalue weighted by molar-refractivity contribution is 0.116. The van der Waals surface area contributed by atoms with E-state index in [2.05, 4.69) is 9.80 Å². The van der Waals surface area contributed by atoms with Gasteiger partial charge in [0.1, 0.15) is 5.75 Å². The van der Waals surface area contributed by atoms with Gasteiger partial charge in [0, 0.05) is 25.2 Å². The molecule has 0 saturated carbocycles. The first-order valence-corrected chi connectivity index (χ1v) is 9.13. The van der Waals surface area contributed by atoms with E-state index in [0.717, 1.165) is 32.1 Å². The molecule has 0 aromatic heterocycles. The number of likely N-dealkylation sites (tertiary alicyclic amines) is 2. The summed E-state index contributed by atoms with van der Waals surface area (Å²) in [6.45, 7) is 5.87. The monoisotopic (exact) mass is 338 g/mol. The quantitative estimate of drug-likeness (QED) is 0.815. The minimum Gasteiger partial charge on any atom is -0.496 e. The standard InChI is InChI=1S/C19H28F2N2O/c1-24-18-8-7-17(20)19(21)16(18)14-23-11-5-6-15(13-23)12-22-9-3-2-4-10-22/h7-8,15H,2-6,9-14H2,1H3/t15-/m1/s1. The van der Waals surface area contributed by atoms with Crippen molar-refractivity contribution in [1.29, 1.82) is 0 Å². The van der Waals surface area contributed by atoms with Crippen molar-refractivity contribution in [2.24, 2.45) is 5.92 Å². The van der Waals surface area contributed by atoms with Crippen LogP contribution >= 0.6 is 0 Å². The number of hydrogen-bond donors (Lipinski definition) is 0. The van der Waals surface area contributed by atoms with Crippen LogP contribution in [-0.4, -0.2) is 49.6 Å². The molecule has 2 fully saturated rings. The zero-order valence-electron chi connectivity index (χ0n) is 14.6. The first kappa shape index (κ1) is 17.6. The summed E-state index contributed by atoms with van der Waals surface area (Å²) in [5.74, 6) is -0.508. The minimum absolute atomic E-state index is 0.344. The van der Waals surface area contributed by atoms with E-state index in [4.69, 9.17) is 4.74 Å². The summed E-state index contributed by atoms with van der Waals surface area (Å²) < 4.78 is 33.0. The van der Waals surface area contributed by atoms with Gasteiger partial charge in [0.2, 0.25) is 0 Å². The van der Waals surface area contributed by atoms with Crippen LogP contribution in [0.25, 0.3) is 0 Å². The van der Waals surface area contributed by atoms with E-state index in [-0.39, 0.29) is 0 Å². The van der Waals surface area contributed by atoms with Gasteiger partial charge in [-0.2, -0.15) is 0 Å². The van der Waals surface area contributed by atoms with E-state index in [1.807, 2.05) is 0 Å². The highest BCUT2D eigenvalue weighted by atomic mass is 19.2. The summed E-state index contributed by atoms with van der Waals surface area (Å²) in [5, 5.41) is 0. The van der Waals surface area contributed by atoms with Crippen molar-refractivity contribution < 1.29 is 13.5 Å². The zero-order chi connectivity index (χ0) is 16.9. The molecule has 0 amide bonds. The molecule has 0 radical (unpaired) electrons. The third kappa shape index (κ3) is 4.25. The van der Waals surface area contributed by atoms with Gasteiger partial charge in [-0.25, -0.2) is 8.78 Å². The number of rotatable bonds is 5. The zero-order valence-corrected chi connectivity index (χ0v) is 14.6. The molecule has 5 heteroatoms. The molecule has 2 heterocycles. The fraction of sp³-hybridized carbons (Fsp3) is 0.684. The Morgan fingerprint density at radius 3 is 2.54 bits per heavy atom. The molecule has 24 heavy (non-hydrogen) atoms. The third-order valence-corrected chi connectivity index (χ3v) is 5.32. The summed E-state index contributed by atoms with van der Waals surface area (Å²) in [7, 11) is 1.51. The lowest BCUT2D eigenvalue weighted by Crippen LogP contribution is -2.42. The minimum atomic E-state index is -0.798. The van der Waals surface area contributed by atoms with Crippen molar-refractivity contribution in [2.45, 2.75) is 38.6 Å². The number of benzene rings is 1. The lowest BCUT2D eigenvalue weighted by atomic mass is 9.96. The lowest BCUT2D eigenvalue weighted by Gasteiger charge is -2.37. The summed E-state index contributed by atoms with van der Waals surface area (Å²) in [5.41, 5.74) is 0.344. The Morgan fingerprint density at radius 2 is 1.79 bits per heavy atom. The van der Waals surface area contributed by atoms with Crippen LogP contribution in [0.2, 0.25) is 0 Å². The molecule has 3 nitrogen and oxygen atoms in total. The fourth-order valence-electron chi connectivity index (χ4n) is 4.09. The molecular weight excluding hydrogens is 310 g/mol. The second kappa shape index (κ2) is 8.26. The van der Waals surface area contributed by atoms with Crippen LogP contribution in [0.4, 0.5) is 8.78 Å². The van der Waals surface area contributed by atoms with Crippen LogP contribution in [-0.2, 0) is 6.54 Å². The molecule has 0 aliphatic carbocycles. The van der Waals surface area contributed by atoms with Gasteiger partial charge in [-0.15, -0.1) is 0 Å². The number of piperidine rings is 2. The van der Waals surface area contributed by atoms with Crippen LogP contribution in [0.15, 0.2) is 12.1 Å². The van der Waals surface area contributed by atoms with Gasteiger partial charge in [0.05, 0.1) is 7.11 Å². The van der Waals surface area contributed by atoms with Gasteiger partial charge in [-0.1, -0.05) is 6.42 Å². The van der Waals surface area contributed by atoms with E-state index in [1.165, 1.54) is 51.9 Å². The van der Waals surface area contributed by atoms with Gasteiger partial charge in [0.15, 0.2) is 11.6 Å². The molecule has 0 bridgehead atoms. The average Bonchev–Trinajstić information content (AvgIpc) is 2.60. The average molecular weight is 338 g/mol. The highest BCUT2D eigenvalue weighted by Crippen LogP contribution is 2.27. The Hall–Kier alpha value is -1.20. The Morgan fingerprint density at radius 1 is 1.04 bits per heavy atom. The molecule has 1 aromatic carbocycles. The van der Waals surface area contributed by atoms with Gasteiger partial charge in [0.25, 0.3) is 0 Å². The van der Waals surface area contributed by atoms with E-state index < -0.39 is 11.6 Å². The summed E-state index contributed by atoms with van der Waals surface area (Å²) in [4.78, 5) is 4.82. The van der Waals surface area contributed by atoms with E-state index in [9.17, 15) is 8.78 Å². The smallest absolute Gasteiger partial charge is 0.167 e. The first-order valence-electron chi connectivity index (χ1n) is 9.13. The van der Waals surface area contributed by atoms with Crippen LogP contribution in [0.1, 0.15) is 37.7 Å². The highest BCUT2D eigenvalue weighted by Gasteiger charge is 2.25. The van der Waals surface area contributed by atoms with Crippen LogP contribution < -0.4 is 4.74 Å². The predicted octanol–water partition coefficient (Wildman–Crippen LogP) is 3.67. The summed E-state index contributed by atoms with van der Waals surface area (Å²) in [6.07, 6.45) is 6.32. The molecule has 0 spiro atoms. The van der Waals surface area contributed by atoms with Crippen LogP contribution in [0, 0.1) is 17.6 Å². The van der Waals surface area contributed by atoms with E-state index in [0.29, 0.717) is 23.8 Å².